The number of carbonyl (C=O) groups is 1. The fourth-order valence-electron chi connectivity index (χ4n) is 6.30. The average molecular weight is 733 g/mol. The molecule has 0 saturated carbocycles. The van der Waals surface area contributed by atoms with Crippen LogP contribution in [0.2, 0.25) is 0 Å². The van der Waals surface area contributed by atoms with Gasteiger partial charge in [-0.3, -0.25) is 14.4 Å². The van der Waals surface area contributed by atoms with Crippen LogP contribution in [0, 0.1) is 0 Å². The minimum Gasteiger partial charge on any atom is -0.484 e. The number of ether oxygens (including phenoxy) is 2. The lowest BCUT2D eigenvalue weighted by molar-refractivity contribution is -0.153. The first kappa shape index (κ1) is 34.9. The summed E-state index contributed by atoms with van der Waals surface area (Å²) in [5.74, 6) is 0.839. The number of alkyl halides is 3. The van der Waals surface area contributed by atoms with Crippen LogP contribution in [0.4, 0.5) is 18.9 Å². The number of carbonyl (C=O) groups excluding carboxylic acids is 1. The standard InChI is InChI=1S/C37H35F3N6O5S/c1-43-15-14-30-31(43)4-3-5-34(30)52(48,49)42-27-9-13-35(41-22-27)51-29-12-8-26-20-33(44(2)32(26)21-29)36(47)46-18-16-45(17-19-46)23-25-6-10-28(11-7-25)50-24-37(38,39)40/h3-15,20-22,42H,16-19,23-24H2,1-2H3. The van der Waals surface area contributed by atoms with Crippen molar-refractivity contribution >= 4 is 43.4 Å². The topological polar surface area (TPSA) is 111 Å². The molecule has 0 unspecified atom stereocenters. The number of sulfonamides is 1. The molecule has 0 spiro atoms. The van der Waals surface area contributed by atoms with E-state index in [0.717, 1.165) is 22.0 Å². The second-order valence-corrected chi connectivity index (χ2v) is 14.3. The van der Waals surface area contributed by atoms with Gasteiger partial charge in [-0.2, -0.15) is 13.2 Å². The molecule has 1 aliphatic heterocycles. The zero-order chi connectivity index (χ0) is 36.6. The number of nitrogens with zero attached hydrogens (tertiary/aromatic N) is 5. The first-order valence-electron chi connectivity index (χ1n) is 16.4. The number of benzene rings is 3. The van der Waals surface area contributed by atoms with Crippen LogP contribution in [-0.4, -0.2) is 77.2 Å². The molecule has 15 heteroatoms. The minimum absolute atomic E-state index is 0.0878. The molecule has 3 aromatic heterocycles. The van der Waals surface area contributed by atoms with Gasteiger partial charge in [0.25, 0.3) is 15.9 Å². The Morgan fingerprint density at radius 1 is 0.885 bits per heavy atom. The van der Waals surface area contributed by atoms with E-state index in [9.17, 15) is 26.4 Å². The third kappa shape index (κ3) is 7.55. The Hall–Kier alpha value is -5.54. The minimum atomic E-state index is -4.39. The van der Waals surface area contributed by atoms with Gasteiger partial charge in [-0.25, -0.2) is 13.4 Å². The third-order valence-electron chi connectivity index (χ3n) is 9.02. The number of rotatable bonds is 10. The Morgan fingerprint density at radius 2 is 1.63 bits per heavy atom. The molecule has 1 fully saturated rings. The van der Waals surface area contributed by atoms with Gasteiger partial charge in [0.05, 0.1) is 22.3 Å². The molecule has 0 aliphatic carbocycles. The van der Waals surface area contributed by atoms with Crippen LogP contribution >= 0.6 is 0 Å². The number of halogens is 3. The Labute approximate surface area is 297 Å². The molecule has 1 saturated heterocycles. The van der Waals surface area contributed by atoms with Gasteiger partial charge in [0, 0.05) is 81.4 Å². The molecule has 1 aliphatic rings. The monoisotopic (exact) mass is 732 g/mol. The molecule has 0 radical (unpaired) electrons. The van der Waals surface area contributed by atoms with Gasteiger partial charge in [-0.15, -0.1) is 0 Å². The van der Waals surface area contributed by atoms with Crippen LogP contribution in [0.5, 0.6) is 17.4 Å². The summed E-state index contributed by atoms with van der Waals surface area (Å²) in [6, 6.07) is 23.9. The molecule has 1 N–H and O–H groups in total. The van der Waals surface area contributed by atoms with Crippen molar-refractivity contribution in [3.8, 4) is 17.4 Å². The average Bonchev–Trinajstić information content (AvgIpc) is 3.67. The molecule has 270 valence electrons. The van der Waals surface area contributed by atoms with Gasteiger partial charge >= 0.3 is 6.18 Å². The van der Waals surface area contributed by atoms with Crippen molar-refractivity contribution in [2.75, 3.05) is 37.5 Å². The molecular weight excluding hydrogens is 698 g/mol. The molecule has 1 amide bonds. The highest BCUT2D eigenvalue weighted by atomic mass is 32.2. The molecule has 7 rings (SSSR count). The number of fused-ring (bicyclic) bond motifs is 2. The van der Waals surface area contributed by atoms with E-state index in [2.05, 4.69) is 14.6 Å². The van der Waals surface area contributed by atoms with E-state index in [0.29, 0.717) is 49.6 Å². The number of anilines is 1. The maximum Gasteiger partial charge on any atom is 0.422 e. The van der Waals surface area contributed by atoms with Gasteiger partial charge < -0.3 is 23.5 Å². The maximum absolute atomic E-state index is 13.6. The number of piperazine rings is 1. The third-order valence-corrected chi connectivity index (χ3v) is 10.5. The fraction of sp³-hybridized carbons (Fsp3) is 0.243. The summed E-state index contributed by atoms with van der Waals surface area (Å²) in [6.07, 6.45) is -1.18. The molecule has 3 aromatic carbocycles. The largest absolute Gasteiger partial charge is 0.484 e. The van der Waals surface area contributed by atoms with Crippen LogP contribution in [0.3, 0.4) is 0 Å². The lowest BCUT2D eigenvalue weighted by Gasteiger charge is -2.34. The van der Waals surface area contributed by atoms with Crippen LogP contribution in [0.1, 0.15) is 16.1 Å². The summed E-state index contributed by atoms with van der Waals surface area (Å²) in [5, 5.41) is 1.49. The van der Waals surface area contributed by atoms with E-state index in [1.54, 1.807) is 48.5 Å². The molecule has 0 bridgehead atoms. The second kappa shape index (κ2) is 13.9. The highest BCUT2D eigenvalue weighted by Gasteiger charge is 2.29. The lowest BCUT2D eigenvalue weighted by Crippen LogP contribution is -2.48. The van der Waals surface area contributed by atoms with Crippen LogP contribution in [-0.2, 0) is 30.7 Å². The molecule has 6 aromatic rings. The van der Waals surface area contributed by atoms with Gasteiger partial charge in [0.2, 0.25) is 5.88 Å². The maximum atomic E-state index is 13.6. The van der Waals surface area contributed by atoms with Gasteiger partial charge in [-0.1, -0.05) is 18.2 Å². The van der Waals surface area contributed by atoms with E-state index in [4.69, 9.17) is 9.47 Å². The van der Waals surface area contributed by atoms with Gasteiger partial charge in [0.15, 0.2) is 6.61 Å². The van der Waals surface area contributed by atoms with Crippen molar-refractivity contribution in [3.05, 3.63) is 109 Å². The molecule has 4 heterocycles. The summed E-state index contributed by atoms with van der Waals surface area (Å²) >= 11 is 0. The number of hydrogen-bond donors (Lipinski definition) is 1. The smallest absolute Gasteiger partial charge is 0.422 e. The van der Waals surface area contributed by atoms with Gasteiger partial charge in [0.1, 0.15) is 17.2 Å². The van der Waals surface area contributed by atoms with Crippen molar-refractivity contribution in [2.24, 2.45) is 14.1 Å². The highest BCUT2D eigenvalue weighted by Crippen LogP contribution is 2.30. The van der Waals surface area contributed by atoms with Crippen molar-refractivity contribution in [1.82, 2.24) is 23.9 Å². The summed E-state index contributed by atoms with van der Waals surface area (Å²) < 4.78 is 80.7. The first-order chi connectivity index (χ1) is 24.8. The fourth-order valence-corrected chi connectivity index (χ4v) is 7.57. The van der Waals surface area contributed by atoms with Crippen LogP contribution in [0.15, 0.2) is 102 Å². The van der Waals surface area contributed by atoms with E-state index in [-0.39, 0.29) is 28.1 Å². The highest BCUT2D eigenvalue weighted by molar-refractivity contribution is 7.93. The van der Waals surface area contributed by atoms with Crippen molar-refractivity contribution in [2.45, 2.75) is 17.6 Å². The number of aromatic nitrogens is 3. The van der Waals surface area contributed by atoms with E-state index >= 15 is 0 Å². The first-order valence-corrected chi connectivity index (χ1v) is 17.9. The van der Waals surface area contributed by atoms with E-state index in [1.165, 1.54) is 18.3 Å². The Kier molecular flexibility index (Phi) is 9.31. The molecular formula is C37H35F3N6O5S. The van der Waals surface area contributed by atoms with Crippen molar-refractivity contribution in [1.29, 1.82) is 0 Å². The predicted octanol–water partition coefficient (Wildman–Crippen LogP) is 6.56. The summed E-state index contributed by atoms with van der Waals surface area (Å²) in [4.78, 5) is 22.1. The number of amides is 1. The lowest BCUT2D eigenvalue weighted by atomic mass is 10.2. The van der Waals surface area contributed by atoms with Crippen LogP contribution in [0.25, 0.3) is 21.8 Å². The Morgan fingerprint density at radius 3 is 2.35 bits per heavy atom. The normalized spacial score (nSPS) is 14.2. The predicted molar refractivity (Wildman–Crippen MR) is 190 cm³/mol. The van der Waals surface area contributed by atoms with Crippen molar-refractivity contribution in [3.63, 3.8) is 0 Å². The Balaban J connectivity index is 0.954. The summed E-state index contributed by atoms with van der Waals surface area (Å²) in [5.41, 5.74) is 3.36. The molecule has 0 atom stereocenters. The number of aryl methyl sites for hydroxylation is 2. The SMILES string of the molecule is Cn1ccc2c(S(=O)(=O)Nc3ccc(Oc4ccc5cc(C(=O)N6CCN(Cc7ccc(OCC(F)(F)F)cc7)CC6)n(C)c5c4)nc3)cccc21. The zero-order valence-corrected chi connectivity index (χ0v) is 29.1. The Bertz CT molecular complexity index is 2350. The number of hydrogen-bond acceptors (Lipinski definition) is 7. The second-order valence-electron chi connectivity index (χ2n) is 12.6. The number of nitrogens with one attached hydrogen (secondary N) is 1. The van der Waals surface area contributed by atoms with Gasteiger partial charge in [-0.05, 0) is 60.2 Å². The quantitative estimate of drug-likeness (QED) is 0.170. The summed E-state index contributed by atoms with van der Waals surface area (Å²) in [6.45, 7) is 1.63. The molecule has 52 heavy (non-hydrogen) atoms. The zero-order valence-electron chi connectivity index (χ0n) is 28.3. The summed E-state index contributed by atoms with van der Waals surface area (Å²) in [7, 11) is -0.192. The van der Waals surface area contributed by atoms with Crippen LogP contribution < -0.4 is 14.2 Å². The number of pyridine rings is 1. The van der Waals surface area contributed by atoms with Crippen molar-refractivity contribution < 1.29 is 35.9 Å². The molecule has 11 nitrogen and oxygen atoms in total. The van der Waals surface area contributed by atoms with E-state index < -0.39 is 22.8 Å². The van der Waals surface area contributed by atoms with E-state index in [1.807, 2.05) is 58.6 Å².